The minimum atomic E-state index is 0. The van der Waals surface area contributed by atoms with Crippen LogP contribution in [0.15, 0.2) is 91.3 Å². The zero-order valence-corrected chi connectivity index (χ0v) is 24.6. The topological polar surface area (TPSA) is 35.1 Å². The van der Waals surface area contributed by atoms with Gasteiger partial charge in [0.05, 0.1) is 11.3 Å². The van der Waals surface area contributed by atoms with Gasteiger partial charge in [-0.25, -0.2) is 0 Å². The van der Waals surface area contributed by atoms with Crippen molar-refractivity contribution in [3.63, 3.8) is 0 Å². The molecule has 0 atom stereocenters. The first-order valence-electron chi connectivity index (χ1n) is 12.9. The first kappa shape index (κ1) is 24.2. The number of hydrogen-bond acceptors (Lipinski definition) is 3. The molecular formula is C33H23IrN4S-. The summed E-state index contributed by atoms with van der Waals surface area (Å²) in [6.07, 6.45) is 3.86. The summed E-state index contributed by atoms with van der Waals surface area (Å²) in [5.41, 5.74) is 9.30. The molecule has 0 aliphatic heterocycles. The SMILES string of the molecule is CCn1c2ccccc2c2cc(-c3cccc(-c4c[c-]c5c(c4)c4c(C)nsc4n4ccnc54)c3)ccc21.[Ir]. The normalized spacial score (nSPS) is 11.7. The predicted molar refractivity (Wildman–Crippen MR) is 159 cm³/mol. The molecule has 0 N–H and O–H groups in total. The molecule has 0 amide bonds. The van der Waals surface area contributed by atoms with Gasteiger partial charge in [0.2, 0.25) is 0 Å². The van der Waals surface area contributed by atoms with Gasteiger partial charge in [-0.2, -0.15) is 4.37 Å². The second kappa shape index (κ2) is 9.13. The molecule has 0 saturated heterocycles. The zero-order valence-electron chi connectivity index (χ0n) is 21.4. The molecule has 0 aliphatic rings. The average molecular weight is 700 g/mol. The van der Waals surface area contributed by atoms with Crippen molar-refractivity contribution >= 4 is 60.0 Å². The van der Waals surface area contributed by atoms with Crippen LogP contribution in [0.25, 0.3) is 70.7 Å². The first-order valence-corrected chi connectivity index (χ1v) is 13.7. The number of fused-ring (bicyclic) bond motifs is 9. The Labute approximate surface area is 243 Å². The Morgan fingerprint density at radius 1 is 0.821 bits per heavy atom. The second-order valence-corrected chi connectivity index (χ2v) is 10.6. The van der Waals surface area contributed by atoms with E-state index in [0.717, 1.165) is 39.1 Å². The predicted octanol–water partition coefficient (Wildman–Crippen LogP) is 8.67. The van der Waals surface area contributed by atoms with E-state index in [1.54, 1.807) is 0 Å². The molecule has 191 valence electrons. The first-order chi connectivity index (χ1) is 18.7. The maximum Gasteiger partial charge on any atom is 0.112 e. The minimum Gasteiger partial charge on any atom is -0.341 e. The molecule has 0 unspecified atom stereocenters. The van der Waals surface area contributed by atoms with Gasteiger partial charge in [0.25, 0.3) is 0 Å². The standard InChI is InChI=1S/C33H23N4S.Ir/c1-3-36-29-10-5-4-9-25(29)27-18-24(12-14-30(27)36)22-8-6-7-21(17-22)23-11-13-26-28(19-23)31-20(2)35-38-33(31)37-16-15-34-32(26)37;/h4-12,14-19H,3H2,1-2H3;/q-1;. The summed E-state index contributed by atoms with van der Waals surface area (Å²) in [4.78, 5) is 5.75. The fraction of sp³-hybridized carbons (Fsp3) is 0.0909. The van der Waals surface area contributed by atoms with Crippen molar-refractivity contribution in [1.29, 1.82) is 0 Å². The molecule has 4 aromatic carbocycles. The average Bonchev–Trinajstić information content (AvgIpc) is 3.68. The van der Waals surface area contributed by atoms with Crippen molar-refractivity contribution in [2.45, 2.75) is 20.4 Å². The van der Waals surface area contributed by atoms with E-state index in [9.17, 15) is 0 Å². The smallest absolute Gasteiger partial charge is 0.112 e. The van der Waals surface area contributed by atoms with Gasteiger partial charge in [-0.15, -0.1) is 23.6 Å². The van der Waals surface area contributed by atoms with Crippen molar-refractivity contribution < 1.29 is 20.1 Å². The van der Waals surface area contributed by atoms with E-state index in [1.165, 1.54) is 55.4 Å². The third-order valence-corrected chi connectivity index (χ3v) is 8.70. The van der Waals surface area contributed by atoms with E-state index in [4.69, 9.17) is 0 Å². The molecule has 0 fully saturated rings. The van der Waals surface area contributed by atoms with Crippen LogP contribution in [0.5, 0.6) is 0 Å². The van der Waals surface area contributed by atoms with Crippen LogP contribution in [0.2, 0.25) is 0 Å². The van der Waals surface area contributed by atoms with E-state index >= 15 is 0 Å². The number of aromatic nitrogens is 4. The van der Waals surface area contributed by atoms with Gasteiger partial charge in [0.15, 0.2) is 0 Å². The number of nitrogens with zero attached hydrogens (tertiary/aromatic N) is 4. The number of hydrogen-bond donors (Lipinski definition) is 0. The number of imidazole rings is 1. The molecule has 4 aromatic heterocycles. The molecule has 39 heavy (non-hydrogen) atoms. The van der Waals surface area contributed by atoms with Crippen LogP contribution in [-0.4, -0.2) is 18.3 Å². The van der Waals surface area contributed by atoms with Gasteiger partial charge in [-0.3, -0.25) is 4.98 Å². The van der Waals surface area contributed by atoms with Gasteiger partial charge in [0.1, 0.15) is 4.83 Å². The minimum absolute atomic E-state index is 0. The maximum absolute atomic E-state index is 4.66. The molecular weight excluding hydrogens is 677 g/mol. The van der Waals surface area contributed by atoms with Gasteiger partial charge in [0, 0.05) is 60.8 Å². The number of rotatable bonds is 3. The number of benzene rings is 4. The Bertz CT molecular complexity index is 2200. The number of para-hydroxylation sites is 1. The summed E-state index contributed by atoms with van der Waals surface area (Å²) < 4.78 is 9.19. The summed E-state index contributed by atoms with van der Waals surface area (Å²) in [7, 11) is 0. The third kappa shape index (κ3) is 3.52. The van der Waals surface area contributed by atoms with Crippen molar-refractivity contribution in [2.75, 3.05) is 0 Å². The molecule has 0 saturated carbocycles. The van der Waals surface area contributed by atoms with Gasteiger partial charge in [-0.1, -0.05) is 65.0 Å². The quantitative estimate of drug-likeness (QED) is 0.173. The summed E-state index contributed by atoms with van der Waals surface area (Å²) in [6.45, 7) is 5.25. The van der Waals surface area contributed by atoms with Gasteiger partial charge >= 0.3 is 0 Å². The maximum atomic E-state index is 4.66. The third-order valence-electron chi connectivity index (χ3n) is 7.76. The molecule has 0 spiro atoms. The van der Waals surface area contributed by atoms with Crippen LogP contribution in [0.3, 0.4) is 0 Å². The number of pyridine rings is 1. The summed E-state index contributed by atoms with van der Waals surface area (Å²) in [6, 6.07) is 32.3. The molecule has 4 nitrogen and oxygen atoms in total. The Morgan fingerprint density at radius 3 is 2.46 bits per heavy atom. The summed E-state index contributed by atoms with van der Waals surface area (Å²) in [5, 5.41) is 5.98. The van der Waals surface area contributed by atoms with E-state index < -0.39 is 0 Å². The van der Waals surface area contributed by atoms with Crippen molar-refractivity contribution in [3.8, 4) is 22.3 Å². The molecule has 0 aliphatic carbocycles. The molecule has 8 rings (SSSR count). The Kier molecular flexibility index (Phi) is 5.67. The van der Waals surface area contributed by atoms with Crippen LogP contribution in [0.4, 0.5) is 0 Å². The van der Waals surface area contributed by atoms with Crippen LogP contribution in [0.1, 0.15) is 12.6 Å². The van der Waals surface area contributed by atoms with Crippen molar-refractivity contribution in [2.24, 2.45) is 0 Å². The van der Waals surface area contributed by atoms with Crippen LogP contribution in [0, 0.1) is 13.0 Å². The van der Waals surface area contributed by atoms with Crippen LogP contribution >= 0.6 is 11.5 Å². The molecule has 4 heterocycles. The van der Waals surface area contributed by atoms with Gasteiger partial charge in [-0.05, 0) is 60.1 Å². The van der Waals surface area contributed by atoms with Crippen LogP contribution < -0.4 is 0 Å². The monoisotopic (exact) mass is 700 g/mol. The molecule has 0 bridgehead atoms. The van der Waals surface area contributed by atoms with E-state index in [-0.39, 0.29) is 20.1 Å². The van der Waals surface area contributed by atoms with Crippen LogP contribution in [-0.2, 0) is 26.7 Å². The molecule has 1 radical (unpaired) electrons. The number of aryl methyl sites for hydroxylation is 2. The largest absolute Gasteiger partial charge is 0.341 e. The van der Waals surface area contributed by atoms with E-state index in [2.05, 4.69) is 117 Å². The van der Waals surface area contributed by atoms with E-state index in [0.29, 0.717) is 0 Å². The molecule has 6 heteroatoms. The van der Waals surface area contributed by atoms with Crippen molar-refractivity contribution in [3.05, 3.63) is 103 Å². The summed E-state index contributed by atoms with van der Waals surface area (Å²) >= 11 is 1.53. The molecule has 8 aromatic rings. The van der Waals surface area contributed by atoms with E-state index in [1.807, 2.05) is 12.4 Å². The Morgan fingerprint density at radius 2 is 1.59 bits per heavy atom. The fourth-order valence-corrected chi connectivity index (χ4v) is 6.88. The van der Waals surface area contributed by atoms with Gasteiger partial charge < -0.3 is 8.97 Å². The second-order valence-electron chi connectivity index (χ2n) is 9.82. The van der Waals surface area contributed by atoms with Crippen molar-refractivity contribution in [1.82, 2.24) is 18.3 Å². The Hall–Kier alpha value is -3.83. The Balaban J connectivity index is 0.00000253. The summed E-state index contributed by atoms with van der Waals surface area (Å²) in [5.74, 6) is 0. The fourth-order valence-electron chi connectivity index (χ4n) is 5.98. The zero-order chi connectivity index (χ0) is 25.4.